The van der Waals surface area contributed by atoms with Gasteiger partial charge in [0.1, 0.15) is 5.71 Å². The Hall–Kier alpha value is -2.24. The maximum Gasteiger partial charge on any atom is 0.296 e. The zero-order chi connectivity index (χ0) is 16.1. The van der Waals surface area contributed by atoms with E-state index in [9.17, 15) is 10.0 Å². The first kappa shape index (κ1) is 15.6. The summed E-state index contributed by atoms with van der Waals surface area (Å²) in [7, 11) is 0. The van der Waals surface area contributed by atoms with E-state index >= 15 is 0 Å². The van der Waals surface area contributed by atoms with Crippen LogP contribution in [0.3, 0.4) is 0 Å². The summed E-state index contributed by atoms with van der Waals surface area (Å²) in [6, 6.07) is 9.55. The van der Waals surface area contributed by atoms with Crippen LogP contribution in [-0.4, -0.2) is 45.9 Å². The Morgan fingerprint density at radius 2 is 1.96 bits per heavy atom. The van der Waals surface area contributed by atoms with Crippen molar-refractivity contribution >= 4 is 11.6 Å². The first-order valence-electron chi connectivity index (χ1n) is 7.95. The van der Waals surface area contributed by atoms with Crippen molar-refractivity contribution in [1.82, 2.24) is 9.96 Å². The van der Waals surface area contributed by atoms with Crippen LogP contribution >= 0.6 is 0 Å². The van der Waals surface area contributed by atoms with E-state index in [0.29, 0.717) is 5.06 Å². The minimum Gasteiger partial charge on any atom is -0.293 e. The van der Waals surface area contributed by atoms with Crippen molar-refractivity contribution in [3.05, 3.63) is 60.3 Å². The van der Waals surface area contributed by atoms with Gasteiger partial charge in [-0.3, -0.25) is 19.9 Å². The van der Waals surface area contributed by atoms with Crippen LogP contribution in [0.2, 0.25) is 0 Å². The summed E-state index contributed by atoms with van der Waals surface area (Å²) in [4.78, 5) is 18.9. The number of hydroxylamine groups is 2. The molecule has 1 amide bonds. The van der Waals surface area contributed by atoms with Gasteiger partial charge in [0.15, 0.2) is 0 Å². The van der Waals surface area contributed by atoms with Gasteiger partial charge in [-0.1, -0.05) is 36.4 Å². The molecule has 2 aliphatic rings. The largest absolute Gasteiger partial charge is 0.296 e. The highest BCUT2D eigenvalue weighted by Gasteiger charge is 2.21. The molecule has 2 aliphatic heterocycles. The number of nitrogens with zero attached hydrogens (tertiary/aromatic N) is 3. The van der Waals surface area contributed by atoms with E-state index in [1.807, 2.05) is 42.5 Å². The van der Waals surface area contributed by atoms with Gasteiger partial charge in [-0.15, -0.1) is 0 Å². The van der Waals surface area contributed by atoms with Crippen molar-refractivity contribution in [1.29, 1.82) is 0 Å². The third-order valence-electron chi connectivity index (χ3n) is 4.14. The number of benzene rings is 1. The predicted molar refractivity (Wildman–Crippen MR) is 89.1 cm³/mol. The zero-order valence-electron chi connectivity index (χ0n) is 13.0. The third kappa shape index (κ3) is 3.94. The molecule has 5 nitrogen and oxygen atoms in total. The van der Waals surface area contributed by atoms with Gasteiger partial charge in [0.2, 0.25) is 0 Å². The van der Waals surface area contributed by atoms with Crippen LogP contribution < -0.4 is 0 Å². The van der Waals surface area contributed by atoms with Crippen LogP contribution in [0.4, 0.5) is 0 Å². The molecule has 1 N–H and O–H groups in total. The lowest BCUT2D eigenvalue weighted by atomic mass is 10.2. The summed E-state index contributed by atoms with van der Waals surface area (Å²) < 4.78 is 0. The fourth-order valence-corrected chi connectivity index (χ4v) is 2.88. The Morgan fingerprint density at radius 1 is 1.22 bits per heavy atom. The highest BCUT2D eigenvalue weighted by Crippen LogP contribution is 2.15. The predicted octanol–water partition coefficient (Wildman–Crippen LogP) is 2.39. The molecule has 3 rings (SSSR count). The minimum absolute atomic E-state index is 0.145. The van der Waals surface area contributed by atoms with Gasteiger partial charge >= 0.3 is 0 Å². The summed E-state index contributed by atoms with van der Waals surface area (Å²) in [5.41, 5.74) is 1.12. The highest BCUT2D eigenvalue weighted by atomic mass is 16.5. The maximum atomic E-state index is 12.3. The van der Waals surface area contributed by atoms with E-state index < -0.39 is 5.91 Å². The second kappa shape index (κ2) is 7.35. The standard InChI is InChI=1S/C18H21N3O2/c22-18(21(23)14-15-6-2-1-3-7-15)17-9-8-16(10-11-19-17)20-12-4-5-13-20/h1-3,6-11,16,23H,4-5,12-14H2. The van der Waals surface area contributed by atoms with Gasteiger partial charge in [0.25, 0.3) is 5.91 Å². The van der Waals surface area contributed by atoms with Crippen LogP contribution in [0.25, 0.3) is 0 Å². The first-order valence-corrected chi connectivity index (χ1v) is 7.95. The van der Waals surface area contributed by atoms with E-state index in [0.717, 1.165) is 18.7 Å². The molecule has 0 aliphatic carbocycles. The number of hydrogen-bond acceptors (Lipinski definition) is 4. The van der Waals surface area contributed by atoms with Crippen LogP contribution in [0, 0.1) is 0 Å². The van der Waals surface area contributed by atoms with Crippen LogP contribution in [-0.2, 0) is 11.3 Å². The molecular formula is C18H21N3O2. The summed E-state index contributed by atoms with van der Waals surface area (Å²) in [5, 5.41) is 10.7. The number of aliphatic imine (C=N–C) groups is 1. The fraction of sp³-hybridized carbons (Fsp3) is 0.333. The molecule has 0 aromatic heterocycles. The van der Waals surface area contributed by atoms with Gasteiger partial charge in [-0.05, 0) is 43.6 Å². The number of likely N-dealkylation sites (tertiary alicyclic amines) is 1. The van der Waals surface area contributed by atoms with E-state index in [1.54, 1.807) is 12.3 Å². The molecule has 23 heavy (non-hydrogen) atoms. The topological polar surface area (TPSA) is 56.1 Å². The van der Waals surface area contributed by atoms with E-state index in [-0.39, 0.29) is 18.3 Å². The molecule has 2 heterocycles. The van der Waals surface area contributed by atoms with Crippen molar-refractivity contribution in [3.63, 3.8) is 0 Å². The summed E-state index contributed by atoms with van der Waals surface area (Å²) in [6.45, 7) is 2.29. The first-order chi connectivity index (χ1) is 11.2. The monoisotopic (exact) mass is 311 g/mol. The van der Waals surface area contributed by atoms with Crippen LogP contribution in [0.5, 0.6) is 0 Å². The summed E-state index contributed by atoms with van der Waals surface area (Å²) in [5.74, 6) is -0.489. The molecule has 5 heteroatoms. The number of carbonyl (C=O) groups is 1. The molecule has 0 spiro atoms. The van der Waals surface area contributed by atoms with Gasteiger partial charge in [0.05, 0.1) is 6.54 Å². The molecule has 0 radical (unpaired) electrons. The van der Waals surface area contributed by atoms with Crippen molar-refractivity contribution < 1.29 is 10.0 Å². The molecule has 0 bridgehead atoms. The average Bonchev–Trinajstić information content (AvgIpc) is 3.00. The van der Waals surface area contributed by atoms with E-state index in [2.05, 4.69) is 9.89 Å². The Morgan fingerprint density at radius 3 is 2.70 bits per heavy atom. The fourth-order valence-electron chi connectivity index (χ4n) is 2.88. The van der Waals surface area contributed by atoms with E-state index in [4.69, 9.17) is 0 Å². The van der Waals surface area contributed by atoms with E-state index in [1.165, 1.54) is 12.8 Å². The van der Waals surface area contributed by atoms with Gasteiger partial charge in [-0.2, -0.15) is 0 Å². The molecule has 120 valence electrons. The Kier molecular flexibility index (Phi) is 5.00. The molecule has 1 aromatic carbocycles. The van der Waals surface area contributed by atoms with Gasteiger partial charge < -0.3 is 0 Å². The lowest BCUT2D eigenvalue weighted by Crippen LogP contribution is -2.33. The van der Waals surface area contributed by atoms with Crippen LogP contribution in [0.15, 0.2) is 59.8 Å². The quantitative estimate of drug-likeness (QED) is 0.686. The molecule has 1 saturated heterocycles. The second-order valence-corrected chi connectivity index (χ2v) is 5.80. The smallest absolute Gasteiger partial charge is 0.293 e. The minimum atomic E-state index is -0.489. The second-order valence-electron chi connectivity index (χ2n) is 5.80. The van der Waals surface area contributed by atoms with Crippen molar-refractivity contribution in [2.45, 2.75) is 25.4 Å². The number of amides is 1. The lowest BCUT2D eigenvalue weighted by molar-refractivity contribution is -0.159. The number of rotatable bonds is 4. The van der Waals surface area contributed by atoms with Crippen molar-refractivity contribution in [2.75, 3.05) is 13.1 Å². The van der Waals surface area contributed by atoms with Crippen molar-refractivity contribution in [3.8, 4) is 0 Å². The van der Waals surface area contributed by atoms with Crippen molar-refractivity contribution in [2.24, 2.45) is 4.99 Å². The Labute approximate surface area is 136 Å². The van der Waals surface area contributed by atoms with Crippen LogP contribution in [0.1, 0.15) is 18.4 Å². The molecule has 1 atom stereocenters. The Balaban J connectivity index is 1.64. The summed E-state index contributed by atoms with van der Waals surface area (Å²) >= 11 is 0. The Bertz CT molecular complexity index is 631. The number of hydrogen-bond donors (Lipinski definition) is 1. The molecule has 1 aromatic rings. The summed E-state index contributed by atoms with van der Waals surface area (Å²) in [6.07, 6.45) is 9.76. The lowest BCUT2D eigenvalue weighted by Gasteiger charge is -2.20. The third-order valence-corrected chi connectivity index (χ3v) is 4.14. The molecule has 1 unspecified atom stereocenters. The molecule has 0 saturated carbocycles. The van der Waals surface area contributed by atoms with Gasteiger partial charge in [-0.25, -0.2) is 5.06 Å². The highest BCUT2D eigenvalue weighted by molar-refractivity contribution is 6.43. The number of carbonyl (C=O) groups excluding carboxylic acids is 1. The zero-order valence-corrected chi connectivity index (χ0v) is 13.0. The SMILES string of the molecule is O=C(C1=NC=CC(N2CCCC2)C=C1)N(O)Cc1ccccc1. The average molecular weight is 311 g/mol. The normalized spacial score (nSPS) is 21.1. The molecule has 1 fully saturated rings. The molecular weight excluding hydrogens is 290 g/mol. The van der Waals surface area contributed by atoms with Gasteiger partial charge in [0, 0.05) is 12.2 Å². The maximum absolute atomic E-state index is 12.3.